The van der Waals surface area contributed by atoms with Crippen molar-refractivity contribution < 1.29 is 9.47 Å². The standard InChI is InChI=1S/C15H21NO2/c1-3-7-13(8-4-1)17-12-14-11-16-15(18-14)9-5-2-6-10-15/h1,3-4,7-8,14,16H,2,5-6,9-12H2. The van der Waals surface area contributed by atoms with Crippen LogP contribution >= 0.6 is 0 Å². The number of benzene rings is 1. The molecule has 3 rings (SSSR count). The Morgan fingerprint density at radius 3 is 2.72 bits per heavy atom. The fourth-order valence-corrected chi connectivity index (χ4v) is 2.92. The van der Waals surface area contributed by atoms with E-state index in [1.165, 1.54) is 19.3 Å². The van der Waals surface area contributed by atoms with Crippen molar-refractivity contribution in [2.75, 3.05) is 13.2 Å². The van der Waals surface area contributed by atoms with Gasteiger partial charge in [0.15, 0.2) is 0 Å². The summed E-state index contributed by atoms with van der Waals surface area (Å²) in [5.41, 5.74) is -0.0387. The Bertz CT molecular complexity index is 373. The van der Waals surface area contributed by atoms with Gasteiger partial charge < -0.3 is 9.47 Å². The highest BCUT2D eigenvalue weighted by atomic mass is 16.6. The van der Waals surface area contributed by atoms with Crippen LogP contribution in [0.2, 0.25) is 0 Å². The van der Waals surface area contributed by atoms with Crippen LogP contribution in [0.25, 0.3) is 0 Å². The van der Waals surface area contributed by atoms with Gasteiger partial charge in [-0.25, -0.2) is 0 Å². The van der Waals surface area contributed by atoms with Crippen molar-refractivity contribution in [1.82, 2.24) is 5.32 Å². The molecular formula is C15H21NO2. The molecule has 1 N–H and O–H groups in total. The molecule has 0 amide bonds. The summed E-state index contributed by atoms with van der Waals surface area (Å²) in [6, 6.07) is 9.95. The SMILES string of the molecule is c1ccc(OCC2CNC3(CCCCC3)O2)cc1. The quantitative estimate of drug-likeness (QED) is 0.891. The number of ether oxygens (including phenoxy) is 2. The van der Waals surface area contributed by atoms with E-state index in [1.54, 1.807) is 0 Å². The number of nitrogens with one attached hydrogen (secondary N) is 1. The van der Waals surface area contributed by atoms with Gasteiger partial charge in [-0.15, -0.1) is 0 Å². The molecule has 1 saturated heterocycles. The van der Waals surface area contributed by atoms with E-state index < -0.39 is 0 Å². The van der Waals surface area contributed by atoms with Gasteiger partial charge in [-0.2, -0.15) is 0 Å². The third kappa shape index (κ3) is 2.68. The van der Waals surface area contributed by atoms with Crippen molar-refractivity contribution in [3.05, 3.63) is 30.3 Å². The third-order valence-electron chi connectivity index (χ3n) is 3.88. The minimum Gasteiger partial charge on any atom is -0.491 e. The van der Waals surface area contributed by atoms with E-state index in [0.29, 0.717) is 6.61 Å². The lowest BCUT2D eigenvalue weighted by atomic mass is 9.92. The Kier molecular flexibility index (Phi) is 3.52. The predicted octanol–water partition coefficient (Wildman–Crippen LogP) is 2.71. The number of hydrogen-bond donors (Lipinski definition) is 1. The van der Waals surface area contributed by atoms with Crippen LogP contribution in [0.5, 0.6) is 5.75 Å². The van der Waals surface area contributed by atoms with Crippen molar-refractivity contribution in [3.8, 4) is 5.75 Å². The maximum Gasteiger partial charge on any atom is 0.119 e. The molecule has 1 aromatic carbocycles. The number of rotatable bonds is 3. The average molecular weight is 247 g/mol. The van der Waals surface area contributed by atoms with Crippen molar-refractivity contribution in [3.63, 3.8) is 0 Å². The maximum atomic E-state index is 6.18. The van der Waals surface area contributed by atoms with Gasteiger partial charge in [-0.3, -0.25) is 5.32 Å². The molecule has 1 unspecified atom stereocenters. The van der Waals surface area contributed by atoms with Crippen LogP contribution in [0.3, 0.4) is 0 Å². The van der Waals surface area contributed by atoms with Gasteiger partial charge in [0.1, 0.15) is 24.2 Å². The third-order valence-corrected chi connectivity index (χ3v) is 3.88. The molecule has 1 spiro atoms. The molecular weight excluding hydrogens is 226 g/mol. The summed E-state index contributed by atoms with van der Waals surface area (Å²) in [5.74, 6) is 0.922. The van der Waals surface area contributed by atoms with Gasteiger partial charge in [0.2, 0.25) is 0 Å². The Balaban J connectivity index is 1.50. The van der Waals surface area contributed by atoms with Crippen molar-refractivity contribution in [1.29, 1.82) is 0 Å². The van der Waals surface area contributed by atoms with E-state index in [4.69, 9.17) is 9.47 Å². The van der Waals surface area contributed by atoms with Crippen molar-refractivity contribution >= 4 is 0 Å². The minimum absolute atomic E-state index is 0.0387. The number of para-hydroxylation sites is 1. The number of hydrogen-bond acceptors (Lipinski definition) is 3. The maximum absolute atomic E-state index is 6.18. The second kappa shape index (κ2) is 5.29. The molecule has 18 heavy (non-hydrogen) atoms. The van der Waals surface area contributed by atoms with E-state index in [-0.39, 0.29) is 11.8 Å². The summed E-state index contributed by atoms with van der Waals surface area (Å²) in [7, 11) is 0. The first-order valence-corrected chi connectivity index (χ1v) is 6.97. The van der Waals surface area contributed by atoms with E-state index in [2.05, 4.69) is 5.32 Å². The normalized spacial score (nSPS) is 26.3. The van der Waals surface area contributed by atoms with Gasteiger partial charge in [-0.1, -0.05) is 24.6 Å². The molecule has 1 heterocycles. The zero-order valence-electron chi connectivity index (χ0n) is 10.7. The van der Waals surface area contributed by atoms with Crippen LogP contribution in [-0.4, -0.2) is 25.0 Å². The fraction of sp³-hybridized carbons (Fsp3) is 0.600. The first kappa shape index (κ1) is 12.0. The zero-order chi connectivity index (χ0) is 12.3. The van der Waals surface area contributed by atoms with E-state index >= 15 is 0 Å². The van der Waals surface area contributed by atoms with E-state index in [1.807, 2.05) is 30.3 Å². The minimum atomic E-state index is -0.0387. The predicted molar refractivity (Wildman–Crippen MR) is 70.6 cm³/mol. The highest BCUT2D eigenvalue weighted by molar-refractivity contribution is 5.20. The van der Waals surface area contributed by atoms with Gasteiger partial charge in [0, 0.05) is 6.54 Å². The molecule has 98 valence electrons. The van der Waals surface area contributed by atoms with E-state index in [0.717, 1.165) is 25.1 Å². The Morgan fingerprint density at radius 1 is 1.17 bits per heavy atom. The second-order valence-corrected chi connectivity index (χ2v) is 5.30. The lowest BCUT2D eigenvalue weighted by Gasteiger charge is -2.33. The van der Waals surface area contributed by atoms with Gasteiger partial charge in [0.25, 0.3) is 0 Å². The van der Waals surface area contributed by atoms with Crippen LogP contribution in [0.1, 0.15) is 32.1 Å². The highest BCUT2D eigenvalue weighted by Crippen LogP contribution is 2.33. The first-order chi connectivity index (χ1) is 8.86. The summed E-state index contributed by atoms with van der Waals surface area (Å²) in [4.78, 5) is 0. The van der Waals surface area contributed by atoms with Crippen LogP contribution in [-0.2, 0) is 4.74 Å². The molecule has 3 heteroatoms. The lowest BCUT2D eigenvalue weighted by molar-refractivity contribution is -0.0830. The molecule has 2 fully saturated rings. The molecule has 1 aliphatic carbocycles. The summed E-state index contributed by atoms with van der Waals surface area (Å²) in [6.07, 6.45) is 6.38. The molecule has 1 saturated carbocycles. The first-order valence-electron chi connectivity index (χ1n) is 6.97. The highest BCUT2D eigenvalue weighted by Gasteiger charge is 2.40. The Morgan fingerprint density at radius 2 is 1.94 bits per heavy atom. The summed E-state index contributed by atoms with van der Waals surface area (Å²) < 4.78 is 11.9. The van der Waals surface area contributed by atoms with Gasteiger partial charge in [-0.05, 0) is 37.8 Å². The Hall–Kier alpha value is -1.06. The summed E-state index contributed by atoms with van der Waals surface area (Å²) in [6.45, 7) is 1.55. The van der Waals surface area contributed by atoms with E-state index in [9.17, 15) is 0 Å². The summed E-state index contributed by atoms with van der Waals surface area (Å²) >= 11 is 0. The Labute approximate surface area is 108 Å². The largest absolute Gasteiger partial charge is 0.491 e. The molecule has 0 aromatic heterocycles. The lowest BCUT2D eigenvalue weighted by Crippen LogP contribution is -2.42. The molecule has 1 aromatic rings. The second-order valence-electron chi connectivity index (χ2n) is 5.30. The summed E-state index contributed by atoms with van der Waals surface area (Å²) in [5, 5.41) is 3.56. The molecule has 0 radical (unpaired) electrons. The monoisotopic (exact) mass is 247 g/mol. The van der Waals surface area contributed by atoms with Crippen LogP contribution in [0.15, 0.2) is 30.3 Å². The van der Waals surface area contributed by atoms with Crippen molar-refractivity contribution in [2.24, 2.45) is 0 Å². The van der Waals surface area contributed by atoms with Gasteiger partial charge >= 0.3 is 0 Å². The topological polar surface area (TPSA) is 30.5 Å². The average Bonchev–Trinajstić information content (AvgIpc) is 2.82. The molecule has 1 aliphatic heterocycles. The molecule has 2 aliphatic rings. The van der Waals surface area contributed by atoms with Crippen LogP contribution in [0.4, 0.5) is 0 Å². The van der Waals surface area contributed by atoms with Crippen molar-refractivity contribution in [2.45, 2.75) is 43.9 Å². The molecule has 3 nitrogen and oxygen atoms in total. The van der Waals surface area contributed by atoms with Gasteiger partial charge in [0.05, 0.1) is 0 Å². The molecule has 0 bridgehead atoms. The van der Waals surface area contributed by atoms with Crippen LogP contribution in [0, 0.1) is 0 Å². The fourth-order valence-electron chi connectivity index (χ4n) is 2.92. The molecule has 1 atom stereocenters. The zero-order valence-corrected chi connectivity index (χ0v) is 10.7. The smallest absolute Gasteiger partial charge is 0.119 e. The van der Waals surface area contributed by atoms with Crippen LogP contribution < -0.4 is 10.1 Å².